The van der Waals surface area contributed by atoms with E-state index >= 15 is 0 Å². The van der Waals surface area contributed by atoms with Crippen LogP contribution in [0.2, 0.25) is 0 Å². The predicted octanol–water partition coefficient (Wildman–Crippen LogP) is 3.81. The summed E-state index contributed by atoms with van der Waals surface area (Å²) in [6.45, 7) is 0. The summed E-state index contributed by atoms with van der Waals surface area (Å²) >= 11 is 3.36. The largest absolute Gasteiger partial charge is 0.495 e. The summed E-state index contributed by atoms with van der Waals surface area (Å²) in [6, 6.07) is 13.8. The standard InChI is InChI=1S/C19H14BrN3O5S/c1-27-17-6-3-13(20)11-16(17)23(18-8-9-28-22-18)29(25,26)14-4-5-15-12(10-14)2-7-19(24)21-15/h2-11H,1H3,(H,21,24). The zero-order chi connectivity index (χ0) is 20.6. The van der Waals surface area contributed by atoms with Crippen LogP contribution in [-0.4, -0.2) is 25.7 Å². The van der Waals surface area contributed by atoms with Crippen molar-refractivity contribution < 1.29 is 17.7 Å². The number of aromatic nitrogens is 2. The number of H-pyrrole nitrogens is 1. The smallest absolute Gasteiger partial charge is 0.270 e. The average molecular weight is 476 g/mol. The van der Waals surface area contributed by atoms with E-state index in [-0.39, 0.29) is 22.0 Å². The molecule has 0 aliphatic rings. The van der Waals surface area contributed by atoms with Crippen molar-refractivity contribution in [3.8, 4) is 5.75 Å². The third-order valence-corrected chi connectivity index (χ3v) is 6.43. The van der Waals surface area contributed by atoms with Crippen LogP contribution in [0, 0.1) is 0 Å². The Morgan fingerprint density at radius 3 is 2.66 bits per heavy atom. The van der Waals surface area contributed by atoms with Gasteiger partial charge in [-0.2, -0.15) is 0 Å². The molecular formula is C19H14BrN3O5S. The first-order valence-electron chi connectivity index (χ1n) is 8.32. The van der Waals surface area contributed by atoms with Gasteiger partial charge in [-0.1, -0.05) is 21.1 Å². The third-order valence-electron chi connectivity index (χ3n) is 4.23. The van der Waals surface area contributed by atoms with Gasteiger partial charge >= 0.3 is 0 Å². The Balaban J connectivity index is 1.94. The summed E-state index contributed by atoms with van der Waals surface area (Å²) in [6.07, 6.45) is 1.29. The van der Waals surface area contributed by atoms with E-state index in [0.29, 0.717) is 21.1 Å². The summed E-state index contributed by atoms with van der Waals surface area (Å²) in [5.74, 6) is 0.410. The number of halogens is 1. The van der Waals surface area contributed by atoms with Crippen molar-refractivity contribution in [3.05, 3.63) is 75.7 Å². The van der Waals surface area contributed by atoms with Gasteiger partial charge in [-0.25, -0.2) is 12.7 Å². The van der Waals surface area contributed by atoms with Gasteiger partial charge in [0, 0.05) is 22.1 Å². The second-order valence-electron chi connectivity index (χ2n) is 6.01. The van der Waals surface area contributed by atoms with E-state index in [2.05, 4.69) is 26.1 Å². The molecule has 0 fully saturated rings. The van der Waals surface area contributed by atoms with Crippen LogP contribution < -0.4 is 14.6 Å². The Kier molecular flexibility index (Phi) is 4.89. The Morgan fingerprint density at radius 2 is 1.93 bits per heavy atom. The minimum absolute atomic E-state index is 0.0158. The maximum absolute atomic E-state index is 13.6. The van der Waals surface area contributed by atoms with Gasteiger partial charge in [0.15, 0.2) is 5.82 Å². The van der Waals surface area contributed by atoms with Crippen molar-refractivity contribution in [2.45, 2.75) is 4.90 Å². The summed E-state index contributed by atoms with van der Waals surface area (Å²) in [5.41, 5.74) is 0.526. The third kappa shape index (κ3) is 3.52. The molecule has 0 radical (unpaired) electrons. The van der Waals surface area contributed by atoms with Crippen molar-refractivity contribution >= 4 is 48.4 Å². The molecule has 1 N–H and O–H groups in total. The van der Waals surface area contributed by atoms with Crippen molar-refractivity contribution in [1.82, 2.24) is 10.1 Å². The Labute approximate surface area is 173 Å². The average Bonchev–Trinajstić information content (AvgIpc) is 3.21. The van der Waals surface area contributed by atoms with Gasteiger partial charge in [-0.05, 0) is 47.9 Å². The van der Waals surface area contributed by atoms with Crippen molar-refractivity contribution in [2.24, 2.45) is 0 Å². The molecule has 8 nitrogen and oxygen atoms in total. The summed E-state index contributed by atoms with van der Waals surface area (Å²) in [7, 11) is -2.66. The number of pyridine rings is 1. The Hall–Kier alpha value is -3.11. The Bertz CT molecular complexity index is 1350. The molecule has 10 heteroatoms. The fourth-order valence-corrected chi connectivity index (χ4v) is 4.72. The van der Waals surface area contributed by atoms with Crippen LogP contribution in [0.1, 0.15) is 0 Å². The van der Waals surface area contributed by atoms with Gasteiger partial charge in [0.1, 0.15) is 17.7 Å². The molecule has 2 heterocycles. The number of nitrogens with one attached hydrogen (secondary N) is 1. The lowest BCUT2D eigenvalue weighted by atomic mass is 10.2. The fourth-order valence-electron chi connectivity index (χ4n) is 2.91. The first-order chi connectivity index (χ1) is 13.9. The van der Waals surface area contributed by atoms with Crippen molar-refractivity contribution in [2.75, 3.05) is 11.4 Å². The highest BCUT2D eigenvalue weighted by atomic mass is 79.9. The van der Waals surface area contributed by atoms with E-state index in [4.69, 9.17) is 9.26 Å². The van der Waals surface area contributed by atoms with E-state index in [9.17, 15) is 13.2 Å². The topological polar surface area (TPSA) is 106 Å². The highest BCUT2D eigenvalue weighted by Crippen LogP contribution is 2.39. The van der Waals surface area contributed by atoms with Gasteiger partial charge in [0.2, 0.25) is 5.56 Å². The highest BCUT2D eigenvalue weighted by molar-refractivity contribution is 9.10. The lowest BCUT2D eigenvalue weighted by molar-refractivity contribution is 0.414. The molecule has 2 aromatic heterocycles. The molecule has 0 aliphatic heterocycles. The van der Waals surface area contributed by atoms with Gasteiger partial charge < -0.3 is 14.2 Å². The van der Waals surface area contributed by atoms with E-state index in [1.54, 1.807) is 30.3 Å². The number of methoxy groups -OCH3 is 1. The van der Waals surface area contributed by atoms with Crippen LogP contribution >= 0.6 is 15.9 Å². The molecule has 0 saturated carbocycles. The van der Waals surface area contributed by atoms with Gasteiger partial charge in [0.05, 0.1) is 12.0 Å². The van der Waals surface area contributed by atoms with Crippen LogP contribution in [0.3, 0.4) is 0 Å². The number of benzene rings is 2. The minimum Gasteiger partial charge on any atom is -0.495 e. The van der Waals surface area contributed by atoms with E-state index in [0.717, 1.165) is 4.31 Å². The molecule has 0 unspecified atom stereocenters. The van der Waals surface area contributed by atoms with Gasteiger partial charge in [-0.3, -0.25) is 4.79 Å². The van der Waals surface area contributed by atoms with Crippen LogP contribution in [0.5, 0.6) is 5.75 Å². The normalized spacial score (nSPS) is 11.5. The Morgan fingerprint density at radius 1 is 1.10 bits per heavy atom. The molecule has 29 heavy (non-hydrogen) atoms. The molecule has 0 atom stereocenters. The second-order valence-corrected chi connectivity index (χ2v) is 8.72. The van der Waals surface area contributed by atoms with Crippen LogP contribution in [0.25, 0.3) is 10.9 Å². The van der Waals surface area contributed by atoms with E-state index in [1.165, 1.54) is 37.6 Å². The lowest BCUT2D eigenvalue weighted by Gasteiger charge is -2.24. The number of anilines is 2. The van der Waals surface area contributed by atoms with Gasteiger partial charge in [0.25, 0.3) is 10.0 Å². The molecule has 2 aromatic carbocycles. The van der Waals surface area contributed by atoms with Crippen molar-refractivity contribution in [3.63, 3.8) is 0 Å². The molecule has 0 spiro atoms. The van der Waals surface area contributed by atoms with Crippen LogP contribution in [-0.2, 0) is 10.0 Å². The number of rotatable bonds is 5. The van der Waals surface area contributed by atoms with Crippen LogP contribution in [0.15, 0.2) is 79.5 Å². The predicted molar refractivity (Wildman–Crippen MR) is 111 cm³/mol. The highest BCUT2D eigenvalue weighted by Gasteiger charge is 2.31. The molecule has 0 saturated heterocycles. The lowest BCUT2D eigenvalue weighted by Crippen LogP contribution is -2.27. The number of hydrogen-bond donors (Lipinski definition) is 1. The zero-order valence-electron chi connectivity index (χ0n) is 15.0. The second kappa shape index (κ2) is 7.37. The quantitative estimate of drug-likeness (QED) is 0.470. The van der Waals surface area contributed by atoms with E-state index < -0.39 is 10.0 Å². The molecule has 0 bridgehead atoms. The first-order valence-corrected chi connectivity index (χ1v) is 10.6. The number of aromatic amines is 1. The molecule has 0 aliphatic carbocycles. The fraction of sp³-hybridized carbons (Fsp3) is 0.0526. The minimum atomic E-state index is -4.11. The maximum Gasteiger partial charge on any atom is 0.270 e. The number of hydrogen-bond acceptors (Lipinski definition) is 6. The molecule has 0 amide bonds. The summed E-state index contributed by atoms with van der Waals surface area (Å²) in [4.78, 5) is 14.2. The number of fused-ring (bicyclic) bond motifs is 1. The number of nitrogens with zero attached hydrogens (tertiary/aromatic N) is 2. The summed E-state index contributed by atoms with van der Waals surface area (Å²) < 4.78 is 39.2. The molecule has 148 valence electrons. The summed E-state index contributed by atoms with van der Waals surface area (Å²) in [5, 5.41) is 4.39. The van der Waals surface area contributed by atoms with Gasteiger partial charge in [-0.15, -0.1) is 0 Å². The SMILES string of the molecule is COc1ccc(Br)cc1N(c1ccon1)S(=O)(=O)c1ccc2[nH]c(=O)ccc2c1. The molecule has 4 aromatic rings. The number of sulfonamides is 1. The molecule has 4 rings (SSSR count). The maximum atomic E-state index is 13.6. The first kappa shape index (κ1) is 19.2. The van der Waals surface area contributed by atoms with Crippen LogP contribution in [0.4, 0.5) is 11.5 Å². The van der Waals surface area contributed by atoms with E-state index in [1.807, 2.05) is 0 Å². The van der Waals surface area contributed by atoms with Crippen molar-refractivity contribution in [1.29, 1.82) is 0 Å². The number of ether oxygens (including phenoxy) is 1. The zero-order valence-corrected chi connectivity index (χ0v) is 17.4. The monoisotopic (exact) mass is 475 g/mol. The molecular weight excluding hydrogens is 462 g/mol.